The maximum atomic E-state index is 11.7. The lowest BCUT2D eigenvalue weighted by molar-refractivity contribution is -0.144. The standard InChI is InChI=1S/C31H60O4/c1-2-3-4-23-26-29-35-31(34)28-25-22-20-18-16-14-12-10-8-6-5-7-9-11-13-15-17-19-21-24-27-30(32)33/h2-29H2,1H3,(H,32,33). The Morgan fingerprint density at radius 1 is 0.457 bits per heavy atom. The maximum Gasteiger partial charge on any atom is 0.305 e. The van der Waals surface area contributed by atoms with Gasteiger partial charge < -0.3 is 9.84 Å². The lowest BCUT2D eigenvalue weighted by atomic mass is 10.0. The molecule has 0 saturated carbocycles. The topological polar surface area (TPSA) is 63.6 Å². The highest BCUT2D eigenvalue weighted by atomic mass is 16.5. The monoisotopic (exact) mass is 496 g/mol. The summed E-state index contributed by atoms with van der Waals surface area (Å²) in [7, 11) is 0. The molecular weight excluding hydrogens is 436 g/mol. The van der Waals surface area contributed by atoms with Gasteiger partial charge in [0.15, 0.2) is 0 Å². The summed E-state index contributed by atoms with van der Waals surface area (Å²) >= 11 is 0. The normalized spacial score (nSPS) is 11.1. The Hall–Kier alpha value is -1.06. The van der Waals surface area contributed by atoms with E-state index in [-0.39, 0.29) is 5.97 Å². The Labute approximate surface area is 218 Å². The largest absolute Gasteiger partial charge is 0.481 e. The van der Waals surface area contributed by atoms with Crippen LogP contribution >= 0.6 is 0 Å². The Kier molecular flexibility index (Phi) is 28.3. The molecule has 0 rings (SSSR count). The van der Waals surface area contributed by atoms with Gasteiger partial charge in [0, 0.05) is 12.8 Å². The van der Waals surface area contributed by atoms with Crippen molar-refractivity contribution in [2.75, 3.05) is 6.61 Å². The number of carboxylic acids is 1. The molecular formula is C31H60O4. The molecule has 0 aromatic rings. The molecule has 4 heteroatoms. The van der Waals surface area contributed by atoms with Crippen LogP contribution in [0.2, 0.25) is 0 Å². The number of carboxylic acid groups (broad SMARTS) is 1. The summed E-state index contributed by atoms with van der Waals surface area (Å²) in [5.74, 6) is -0.658. The molecule has 0 unspecified atom stereocenters. The molecule has 4 nitrogen and oxygen atoms in total. The number of carbonyl (C=O) groups is 2. The molecule has 0 atom stereocenters. The second-order valence-electron chi connectivity index (χ2n) is 10.6. The number of hydrogen-bond acceptors (Lipinski definition) is 3. The molecule has 0 aromatic heterocycles. The van der Waals surface area contributed by atoms with Gasteiger partial charge in [-0.2, -0.15) is 0 Å². The van der Waals surface area contributed by atoms with Crippen LogP contribution in [0.3, 0.4) is 0 Å². The van der Waals surface area contributed by atoms with Gasteiger partial charge in [0.2, 0.25) is 0 Å². The summed E-state index contributed by atoms with van der Waals surface area (Å²) < 4.78 is 5.32. The van der Waals surface area contributed by atoms with Crippen LogP contribution < -0.4 is 0 Å². The highest BCUT2D eigenvalue weighted by Gasteiger charge is 2.02. The molecule has 1 N–H and O–H groups in total. The fourth-order valence-electron chi connectivity index (χ4n) is 4.69. The molecule has 35 heavy (non-hydrogen) atoms. The van der Waals surface area contributed by atoms with E-state index in [4.69, 9.17) is 9.84 Å². The van der Waals surface area contributed by atoms with Crippen LogP contribution in [0.25, 0.3) is 0 Å². The highest BCUT2D eigenvalue weighted by molar-refractivity contribution is 5.69. The van der Waals surface area contributed by atoms with E-state index in [1.54, 1.807) is 0 Å². The maximum absolute atomic E-state index is 11.7. The second kappa shape index (κ2) is 29.2. The first-order chi connectivity index (χ1) is 17.2. The van der Waals surface area contributed by atoms with Crippen molar-refractivity contribution < 1.29 is 19.4 Å². The molecule has 208 valence electrons. The van der Waals surface area contributed by atoms with Crippen LogP contribution in [0, 0.1) is 0 Å². The average molecular weight is 497 g/mol. The third-order valence-electron chi connectivity index (χ3n) is 7.03. The highest BCUT2D eigenvalue weighted by Crippen LogP contribution is 2.15. The van der Waals surface area contributed by atoms with Gasteiger partial charge in [0.25, 0.3) is 0 Å². The zero-order valence-corrected chi connectivity index (χ0v) is 23.5. The zero-order chi connectivity index (χ0) is 25.7. The second-order valence-corrected chi connectivity index (χ2v) is 10.6. The summed E-state index contributed by atoms with van der Waals surface area (Å²) in [4.78, 5) is 22.2. The van der Waals surface area contributed by atoms with Crippen molar-refractivity contribution in [1.82, 2.24) is 0 Å². The van der Waals surface area contributed by atoms with Gasteiger partial charge in [0.05, 0.1) is 6.61 Å². The molecule has 0 fully saturated rings. The van der Waals surface area contributed by atoms with Gasteiger partial charge in [0.1, 0.15) is 0 Å². The Morgan fingerprint density at radius 2 is 0.771 bits per heavy atom. The number of aliphatic carboxylic acids is 1. The molecule has 0 spiro atoms. The molecule has 0 aromatic carbocycles. The van der Waals surface area contributed by atoms with Gasteiger partial charge in [-0.15, -0.1) is 0 Å². The smallest absolute Gasteiger partial charge is 0.305 e. The molecule has 0 aliphatic carbocycles. The fourth-order valence-corrected chi connectivity index (χ4v) is 4.69. The van der Waals surface area contributed by atoms with E-state index in [9.17, 15) is 9.59 Å². The van der Waals surface area contributed by atoms with E-state index in [0.29, 0.717) is 19.4 Å². The van der Waals surface area contributed by atoms with E-state index in [1.165, 1.54) is 135 Å². The van der Waals surface area contributed by atoms with Crippen molar-refractivity contribution in [1.29, 1.82) is 0 Å². The number of carbonyl (C=O) groups excluding carboxylic acids is 1. The third-order valence-corrected chi connectivity index (χ3v) is 7.03. The van der Waals surface area contributed by atoms with E-state index >= 15 is 0 Å². The van der Waals surface area contributed by atoms with Crippen molar-refractivity contribution in [2.45, 2.75) is 180 Å². The molecule has 0 heterocycles. The minimum absolute atomic E-state index is 0.00205. The molecule has 0 aliphatic rings. The van der Waals surface area contributed by atoms with Gasteiger partial charge in [-0.1, -0.05) is 148 Å². The Balaban J connectivity index is 3.11. The van der Waals surface area contributed by atoms with E-state index < -0.39 is 5.97 Å². The molecule has 0 aliphatic heterocycles. The number of hydrogen-bond donors (Lipinski definition) is 1. The molecule has 0 radical (unpaired) electrons. The van der Waals surface area contributed by atoms with Crippen molar-refractivity contribution in [3.63, 3.8) is 0 Å². The first-order valence-electron chi connectivity index (χ1n) is 15.5. The van der Waals surface area contributed by atoms with Gasteiger partial charge >= 0.3 is 11.9 Å². The Morgan fingerprint density at radius 3 is 1.14 bits per heavy atom. The number of rotatable bonds is 29. The molecule has 0 saturated heterocycles. The van der Waals surface area contributed by atoms with E-state index in [1.807, 2.05) is 0 Å². The molecule has 0 amide bonds. The van der Waals surface area contributed by atoms with Crippen molar-refractivity contribution in [3.05, 3.63) is 0 Å². The van der Waals surface area contributed by atoms with E-state index in [2.05, 4.69) is 6.92 Å². The van der Waals surface area contributed by atoms with Crippen LogP contribution in [-0.2, 0) is 14.3 Å². The summed E-state index contributed by atoms with van der Waals surface area (Å²) in [5.41, 5.74) is 0. The lowest BCUT2D eigenvalue weighted by Gasteiger charge is -2.05. The minimum Gasteiger partial charge on any atom is -0.481 e. The predicted octanol–water partition coefficient (Wildman–Crippen LogP) is 10.2. The fraction of sp³-hybridized carbons (Fsp3) is 0.935. The third kappa shape index (κ3) is 30.9. The first kappa shape index (κ1) is 33.9. The quantitative estimate of drug-likeness (QED) is 0.0826. The lowest BCUT2D eigenvalue weighted by Crippen LogP contribution is -2.05. The summed E-state index contributed by atoms with van der Waals surface area (Å²) in [6.07, 6.45) is 32.6. The summed E-state index contributed by atoms with van der Waals surface area (Å²) in [5, 5.41) is 8.61. The van der Waals surface area contributed by atoms with Gasteiger partial charge in [-0.05, 0) is 19.3 Å². The number of unbranched alkanes of at least 4 members (excludes halogenated alkanes) is 23. The summed E-state index contributed by atoms with van der Waals surface area (Å²) in [6.45, 7) is 2.83. The van der Waals surface area contributed by atoms with Gasteiger partial charge in [-0.25, -0.2) is 0 Å². The van der Waals surface area contributed by atoms with Crippen molar-refractivity contribution in [2.24, 2.45) is 0 Å². The van der Waals surface area contributed by atoms with Crippen LogP contribution in [0.1, 0.15) is 180 Å². The zero-order valence-electron chi connectivity index (χ0n) is 23.5. The average Bonchev–Trinajstić information content (AvgIpc) is 2.84. The van der Waals surface area contributed by atoms with E-state index in [0.717, 1.165) is 25.7 Å². The van der Waals surface area contributed by atoms with Crippen LogP contribution in [0.4, 0.5) is 0 Å². The van der Waals surface area contributed by atoms with Crippen molar-refractivity contribution in [3.8, 4) is 0 Å². The van der Waals surface area contributed by atoms with Crippen LogP contribution in [0.15, 0.2) is 0 Å². The first-order valence-corrected chi connectivity index (χ1v) is 15.5. The van der Waals surface area contributed by atoms with Crippen molar-refractivity contribution >= 4 is 11.9 Å². The minimum atomic E-state index is -0.660. The number of ether oxygens (including phenoxy) is 1. The summed E-state index contributed by atoms with van der Waals surface area (Å²) in [6, 6.07) is 0. The van der Waals surface area contributed by atoms with Gasteiger partial charge in [-0.3, -0.25) is 9.59 Å². The van der Waals surface area contributed by atoms with Crippen LogP contribution in [-0.4, -0.2) is 23.7 Å². The Bertz CT molecular complexity index is 449. The van der Waals surface area contributed by atoms with Crippen LogP contribution in [0.5, 0.6) is 0 Å². The SMILES string of the molecule is CCCCCCCOC(=O)CCCCCCCCCCCCCCCCCCCCCCC(=O)O. The number of esters is 1. The molecule has 0 bridgehead atoms. The predicted molar refractivity (Wildman–Crippen MR) is 149 cm³/mol.